The summed E-state index contributed by atoms with van der Waals surface area (Å²) in [5.41, 5.74) is 0.810. The largest absolute Gasteiger partial charge is 0.484 e. The minimum absolute atomic E-state index is 0.0813. The van der Waals surface area contributed by atoms with Gasteiger partial charge in [0.05, 0.1) is 0 Å². The first kappa shape index (κ1) is 14.7. The van der Waals surface area contributed by atoms with Crippen LogP contribution in [-0.2, 0) is 4.79 Å². The molecule has 20 heavy (non-hydrogen) atoms. The summed E-state index contributed by atoms with van der Waals surface area (Å²) in [4.78, 5) is 13.6. The number of nitrogens with zero attached hydrogens (tertiary/aromatic N) is 1. The summed E-state index contributed by atoms with van der Waals surface area (Å²) < 4.78 is 5.41. The number of hydrogen-bond donors (Lipinski definition) is 0. The first-order valence-corrected chi connectivity index (χ1v) is 6.72. The number of carbonyl (C=O) groups is 1. The Hall–Kier alpha value is -1.71. The Morgan fingerprint density at radius 1 is 1.10 bits per heavy atom. The Morgan fingerprint density at radius 2 is 1.70 bits per heavy atom. The smallest absolute Gasteiger partial charge is 0.264 e. The molecule has 0 aliphatic rings. The van der Waals surface area contributed by atoms with Crippen molar-refractivity contribution in [2.75, 3.05) is 18.6 Å². The maximum atomic E-state index is 12.0. The zero-order valence-electron chi connectivity index (χ0n) is 10.8. The average molecular weight is 310 g/mol. The molecule has 0 N–H and O–H groups in total. The fourth-order valence-electron chi connectivity index (χ4n) is 1.65. The first-order valence-electron chi connectivity index (χ1n) is 5.97. The van der Waals surface area contributed by atoms with Gasteiger partial charge in [0.15, 0.2) is 6.61 Å². The van der Waals surface area contributed by atoms with Crippen molar-refractivity contribution in [2.24, 2.45) is 0 Å². The molecule has 0 radical (unpaired) electrons. The predicted molar refractivity (Wildman–Crippen MR) is 81.8 cm³/mol. The van der Waals surface area contributed by atoms with E-state index in [2.05, 4.69) is 0 Å². The van der Waals surface area contributed by atoms with Gasteiger partial charge in [-0.2, -0.15) is 0 Å². The number of halogens is 2. The van der Waals surface area contributed by atoms with Crippen LogP contribution in [-0.4, -0.2) is 19.6 Å². The Bertz CT molecular complexity index is 582. The number of hydrogen-bond acceptors (Lipinski definition) is 2. The van der Waals surface area contributed by atoms with Crippen molar-refractivity contribution in [1.82, 2.24) is 0 Å². The van der Waals surface area contributed by atoms with Crippen molar-refractivity contribution >= 4 is 34.8 Å². The zero-order chi connectivity index (χ0) is 14.5. The van der Waals surface area contributed by atoms with Crippen LogP contribution in [0, 0.1) is 0 Å². The van der Waals surface area contributed by atoms with E-state index in [1.807, 2.05) is 30.3 Å². The number of para-hydroxylation sites is 1. The van der Waals surface area contributed by atoms with Gasteiger partial charge in [0.2, 0.25) is 0 Å². The average Bonchev–Trinajstić information content (AvgIpc) is 2.44. The van der Waals surface area contributed by atoms with Crippen molar-refractivity contribution < 1.29 is 9.53 Å². The van der Waals surface area contributed by atoms with Gasteiger partial charge in [-0.05, 0) is 30.3 Å². The second-order valence-electron chi connectivity index (χ2n) is 4.18. The Balaban J connectivity index is 1.98. The zero-order valence-corrected chi connectivity index (χ0v) is 12.4. The minimum atomic E-state index is -0.160. The second-order valence-corrected chi connectivity index (χ2v) is 5.06. The van der Waals surface area contributed by atoms with E-state index in [0.29, 0.717) is 15.8 Å². The number of amides is 1. The van der Waals surface area contributed by atoms with Gasteiger partial charge < -0.3 is 9.64 Å². The number of benzene rings is 2. The predicted octanol–water partition coefficient (Wildman–Crippen LogP) is 4.04. The van der Waals surface area contributed by atoms with Crippen LogP contribution in [0.25, 0.3) is 0 Å². The molecule has 5 heteroatoms. The van der Waals surface area contributed by atoms with Gasteiger partial charge in [-0.1, -0.05) is 41.4 Å². The molecule has 0 saturated carbocycles. The topological polar surface area (TPSA) is 29.5 Å². The number of carbonyl (C=O) groups excluding carboxylic acids is 1. The van der Waals surface area contributed by atoms with Crippen molar-refractivity contribution in [3.05, 3.63) is 58.6 Å². The highest BCUT2D eigenvalue weighted by molar-refractivity contribution is 6.34. The molecule has 2 aromatic rings. The molecule has 1 amide bonds. The lowest BCUT2D eigenvalue weighted by Crippen LogP contribution is -2.31. The summed E-state index contributed by atoms with van der Waals surface area (Å²) >= 11 is 11.7. The molecule has 104 valence electrons. The molecule has 3 nitrogen and oxygen atoms in total. The molecule has 0 aliphatic carbocycles. The number of anilines is 1. The minimum Gasteiger partial charge on any atom is -0.484 e. The first-order chi connectivity index (χ1) is 9.56. The monoisotopic (exact) mass is 309 g/mol. The van der Waals surface area contributed by atoms with Gasteiger partial charge in [-0.25, -0.2) is 0 Å². The standard InChI is InChI=1S/C15H13Cl2NO2/c1-18(13-5-3-2-4-6-13)15(19)10-20-14-8-11(16)7-12(17)9-14/h2-9H,10H2,1H3. The third-order valence-corrected chi connectivity index (χ3v) is 3.15. The molecule has 2 rings (SSSR count). The second kappa shape index (κ2) is 6.64. The summed E-state index contributed by atoms with van der Waals surface area (Å²) in [6.45, 7) is -0.0813. The maximum absolute atomic E-state index is 12.0. The van der Waals surface area contributed by atoms with Crippen LogP contribution < -0.4 is 9.64 Å². The van der Waals surface area contributed by atoms with E-state index >= 15 is 0 Å². The van der Waals surface area contributed by atoms with Crippen LogP contribution in [0.4, 0.5) is 5.69 Å². The molecule has 0 atom stereocenters. The fourth-order valence-corrected chi connectivity index (χ4v) is 2.16. The summed E-state index contributed by atoms with van der Waals surface area (Å²) in [7, 11) is 1.70. The van der Waals surface area contributed by atoms with E-state index in [1.54, 1.807) is 25.2 Å². The van der Waals surface area contributed by atoms with Crippen LogP contribution >= 0.6 is 23.2 Å². The molecule has 0 fully saturated rings. The molecule has 0 heterocycles. The molecule has 0 saturated heterocycles. The van der Waals surface area contributed by atoms with Crippen molar-refractivity contribution in [3.8, 4) is 5.75 Å². The van der Waals surface area contributed by atoms with Gasteiger partial charge >= 0.3 is 0 Å². The quantitative estimate of drug-likeness (QED) is 0.853. The number of ether oxygens (including phenoxy) is 1. The molecule has 0 aliphatic heterocycles. The van der Waals surface area contributed by atoms with E-state index in [9.17, 15) is 4.79 Å². The van der Waals surface area contributed by atoms with Gasteiger partial charge in [0, 0.05) is 22.8 Å². The van der Waals surface area contributed by atoms with Crippen molar-refractivity contribution in [2.45, 2.75) is 0 Å². The van der Waals surface area contributed by atoms with Crippen molar-refractivity contribution in [3.63, 3.8) is 0 Å². The van der Waals surface area contributed by atoms with E-state index in [0.717, 1.165) is 5.69 Å². The number of likely N-dealkylation sites (N-methyl/N-ethyl adjacent to an activating group) is 1. The van der Waals surface area contributed by atoms with Crippen molar-refractivity contribution in [1.29, 1.82) is 0 Å². The summed E-state index contributed by atoms with van der Waals surface area (Å²) in [6.07, 6.45) is 0. The molecular weight excluding hydrogens is 297 g/mol. The van der Waals surface area contributed by atoms with Gasteiger partial charge in [0.25, 0.3) is 5.91 Å². The molecule has 0 unspecified atom stereocenters. The van der Waals surface area contributed by atoms with E-state index in [1.165, 1.54) is 4.90 Å². The van der Waals surface area contributed by atoms with Gasteiger partial charge in [-0.3, -0.25) is 4.79 Å². The molecule has 0 spiro atoms. The van der Waals surface area contributed by atoms with Gasteiger partial charge in [0.1, 0.15) is 5.75 Å². The summed E-state index contributed by atoms with van der Waals surface area (Å²) in [5.74, 6) is 0.310. The molecule has 0 bridgehead atoms. The SMILES string of the molecule is CN(C(=O)COc1cc(Cl)cc(Cl)c1)c1ccccc1. The van der Waals surface area contributed by atoms with E-state index in [4.69, 9.17) is 27.9 Å². The number of rotatable bonds is 4. The van der Waals surface area contributed by atoms with Crippen LogP contribution in [0.15, 0.2) is 48.5 Å². The highest BCUT2D eigenvalue weighted by Gasteiger charge is 2.11. The lowest BCUT2D eigenvalue weighted by Gasteiger charge is -2.17. The Labute approximate surface area is 127 Å². The summed E-state index contributed by atoms with van der Waals surface area (Å²) in [5, 5.41) is 0.938. The molecule has 0 aromatic heterocycles. The lowest BCUT2D eigenvalue weighted by molar-refractivity contribution is -0.120. The highest BCUT2D eigenvalue weighted by atomic mass is 35.5. The fraction of sp³-hybridized carbons (Fsp3) is 0.133. The molecular formula is C15H13Cl2NO2. The Morgan fingerprint density at radius 3 is 2.30 bits per heavy atom. The lowest BCUT2D eigenvalue weighted by atomic mass is 10.3. The van der Waals surface area contributed by atoms with Crippen LogP contribution in [0.1, 0.15) is 0 Å². The maximum Gasteiger partial charge on any atom is 0.264 e. The highest BCUT2D eigenvalue weighted by Crippen LogP contribution is 2.24. The molecule has 2 aromatic carbocycles. The van der Waals surface area contributed by atoms with E-state index < -0.39 is 0 Å². The van der Waals surface area contributed by atoms with Gasteiger partial charge in [-0.15, -0.1) is 0 Å². The van der Waals surface area contributed by atoms with Crippen LogP contribution in [0.5, 0.6) is 5.75 Å². The third kappa shape index (κ3) is 3.89. The summed E-state index contributed by atoms with van der Waals surface area (Å²) in [6, 6.07) is 14.2. The normalized spacial score (nSPS) is 10.2. The van der Waals surface area contributed by atoms with E-state index in [-0.39, 0.29) is 12.5 Å². The van der Waals surface area contributed by atoms with Crippen LogP contribution in [0.3, 0.4) is 0 Å². The Kier molecular flexibility index (Phi) is 4.88. The third-order valence-electron chi connectivity index (χ3n) is 2.72. The van der Waals surface area contributed by atoms with Crippen LogP contribution in [0.2, 0.25) is 10.0 Å².